The molecule has 1 aliphatic rings. The van der Waals surface area contributed by atoms with Gasteiger partial charge in [-0.05, 0) is 34.9 Å². The summed E-state index contributed by atoms with van der Waals surface area (Å²) in [5, 5.41) is 12.3. The molecule has 1 N–H and O–H groups in total. The van der Waals surface area contributed by atoms with Crippen LogP contribution < -0.4 is 0 Å². The molecule has 4 rings (SSSR count). The summed E-state index contributed by atoms with van der Waals surface area (Å²) in [6.45, 7) is 0. The number of thioether (sulfide) groups is 1. The molecular weight excluding hydrogens is 316 g/mol. The summed E-state index contributed by atoms with van der Waals surface area (Å²) in [5.41, 5.74) is 1.78. The van der Waals surface area contributed by atoms with E-state index in [9.17, 15) is 9.90 Å². The first-order valence-corrected chi connectivity index (χ1v) is 8.78. The van der Waals surface area contributed by atoms with E-state index in [1.165, 1.54) is 22.4 Å². The first kappa shape index (κ1) is 15.0. The van der Waals surface area contributed by atoms with Gasteiger partial charge in [-0.3, -0.25) is 4.79 Å². The number of allylic oxidation sites excluding steroid dienone is 2. The van der Waals surface area contributed by atoms with Gasteiger partial charge in [0.05, 0.1) is 4.91 Å². The summed E-state index contributed by atoms with van der Waals surface area (Å²) in [7, 11) is 0. The van der Waals surface area contributed by atoms with Crippen molar-refractivity contribution in [3.8, 4) is 5.75 Å². The smallest absolute Gasteiger partial charge is 0.199 e. The van der Waals surface area contributed by atoms with Gasteiger partial charge in [0.2, 0.25) is 0 Å². The number of fused-ring (bicyclic) bond motifs is 1. The molecule has 1 unspecified atom stereocenters. The van der Waals surface area contributed by atoms with Gasteiger partial charge in [-0.25, -0.2) is 0 Å². The van der Waals surface area contributed by atoms with E-state index in [-0.39, 0.29) is 16.8 Å². The maximum atomic E-state index is 12.6. The van der Waals surface area contributed by atoms with Gasteiger partial charge >= 0.3 is 0 Å². The van der Waals surface area contributed by atoms with Gasteiger partial charge in [-0.2, -0.15) is 0 Å². The first-order chi connectivity index (χ1) is 11.7. The van der Waals surface area contributed by atoms with Crippen LogP contribution in [-0.4, -0.2) is 10.9 Å². The zero-order valence-corrected chi connectivity index (χ0v) is 13.8. The highest BCUT2D eigenvalue weighted by molar-refractivity contribution is 8.04. The molecule has 0 spiro atoms. The molecule has 118 valence electrons. The van der Waals surface area contributed by atoms with Crippen LogP contribution in [0.25, 0.3) is 10.8 Å². The van der Waals surface area contributed by atoms with Crippen molar-refractivity contribution < 1.29 is 9.90 Å². The number of carbonyl (C=O) groups excluding carboxylic acids is 1. The SMILES string of the molecule is O=C(C1=CCC(c2ccc3ccccc3c2)S1)c1cccc(O)c1. The number of ketones is 1. The molecule has 0 amide bonds. The summed E-state index contributed by atoms with van der Waals surface area (Å²) in [6.07, 6.45) is 2.86. The number of rotatable bonds is 3. The van der Waals surface area contributed by atoms with E-state index >= 15 is 0 Å². The first-order valence-electron chi connectivity index (χ1n) is 7.90. The van der Waals surface area contributed by atoms with Crippen molar-refractivity contribution in [1.82, 2.24) is 0 Å². The van der Waals surface area contributed by atoms with Crippen molar-refractivity contribution in [2.45, 2.75) is 11.7 Å². The Labute approximate surface area is 144 Å². The van der Waals surface area contributed by atoms with E-state index in [2.05, 4.69) is 30.3 Å². The van der Waals surface area contributed by atoms with Crippen LogP contribution in [-0.2, 0) is 0 Å². The molecular formula is C21H16O2S. The fourth-order valence-electron chi connectivity index (χ4n) is 3.01. The molecule has 3 aromatic carbocycles. The molecule has 3 heteroatoms. The van der Waals surface area contributed by atoms with Crippen LogP contribution >= 0.6 is 11.8 Å². The Balaban J connectivity index is 1.55. The van der Waals surface area contributed by atoms with Gasteiger partial charge in [-0.1, -0.05) is 60.7 Å². The van der Waals surface area contributed by atoms with Crippen LogP contribution in [0.15, 0.2) is 77.7 Å². The third-order valence-electron chi connectivity index (χ3n) is 4.26. The van der Waals surface area contributed by atoms with Gasteiger partial charge in [-0.15, -0.1) is 11.8 Å². The Bertz CT molecular complexity index is 959. The van der Waals surface area contributed by atoms with Crippen molar-refractivity contribution >= 4 is 28.3 Å². The normalized spacial score (nSPS) is 17.0. The predicted octanol–water partition coefficient (Wildman–Crippen LogP) is 5.49. The second-order valence-electron chi connectivity index (χ2n) is 5.90. The van der Waals surface area contributed by atoms with Crippen molar-refractivity contribution in [1.29, 1.82) is 0 Å². The number of aromatic hydroxyl groups is 1. The number of benzene rings is 3. The maximum absolute atomic E-state index is 12.6. The van der Waals surface area contributed by atoms with Crippen LogP contribution in [0.3, 0.4) is 0 Å². The topological polar surface area (TPSA) is 37.3 Å². The summed E-state index contributed by atoms with van der Waals surface area (Å²) >= 11 is 1.61. The average Bonchev–Trinajstić information content (AvgIpc) is 3.11. The van der Waals surface area contributed by atoms with E-state index < -0.39 is 0 Å². The highest BCUT2D eigenvalue weighted by atomic mass is 32.2. The Morgan fingerprint density at radius 3 is 2.62 bits per heavy atom. The van der Waals surface area contributed by atoms with E-state index in [0.717, 1.165) is 11.3 Å². The van der Waals surface area contributed by atoms with Crippen LogP contribution in [0.1, 0.15) is 27.6 Å². The van der Waals surface area contributed by atoms with Gasteiger partial charge in [0, 0.05) is 10.8 Å². The van der Waals surface area contributed by atoms with Crippen LogP contribution in [0.2, 0.25) is 0 Å². The number of hydrogen-bond donors (Lipinski definition) is 1. The lowest BCUT2D eigenvalue weighted by atomic mass is 10.0. The highest BCUT2D eigenvalue weighted by Crippen LogP contribution is 2.45. The van der Waals surface area contributed by atoms with E-state index in [1.807, 2.05) is 18.2 Å². The lowest BCUT2D eigenvalue weighted by Gasteiger charge is -2.11. The van der Waals surface area contributed by atoms with Crippen LogP contribution in [0, 0.1) is 0 Å². The molecule has 24 heavy (non-hydrogen) atoms. The molecule has 0 saturated carbocycles. The number of phenols is 1. The van der Waals surface area contributed by atoms with Crippen molar-refractivity contribution in [2.24, 2.45) is 0 Å². The van der Waals surface area contributed by atoms with Gasteiger partial charge < -0.3 is 5.11 Å². The summed E-state index contributed by atoms with van der Waals surface area (Å²) < 4.78 is 0. The summed E-state index contributed by atoms with van der Waals surface area (Å²) in [5.74, 6) is 0.106. The van der Waals surface area contributed by atoms with E-state index in [0.29, 0.717) is 5.56 Å². The van der Waals surface area contributed by atoms with Gasteiger partial charge in [0.25, 0.3) is 0 Å². The van der Waals surface area contributed by atoms with E-state index in [1.54, 1.807) is 30.0 Å². The quantitative estimate of drug-likeness (QED) is 0.644. The maximum Gasteiger partial charge on any atom is 0.199 e. The minimum Gasteiger partial charge on any atom is -0.508 e. The zero-order chi connectivity index (χ0) is 16.5. The minimum atomic E-state index is -0.0146. The fourth-order valence-corrected chi connectivity index (χ4v) is 4.21. The highest BCUT2D eigenvalue weighted by Gasteiger charge is 2.25. The molecule has 0 bridgehead atoms. The van der Waals surface area contributed by atoms with Crippen molar-refractivity contribution in [3.63, 3.8) is 0 Å². The lowest BCUT2D eigenvalue weighted by molar-refractivity contribution is 0.104. The van der Waals surface area contributed by atoms with E-state index in [4.69, 9.17) is 0 Å². The monoisotopic (exact) mass is 332 g/mol. The molecule has 0 aromatic heterocycles. The molecule has 0 fully saturated rings. The van der Waals surface area contributed by atoms with Gasteiger partial charge in [0.15, 0.2) is 5.78 Å². The predicted molar refractivity (Wildman–Crippen MR) is 99.4 cm³/mol. The van der Waals surface area contributed by atoms with Crippen molar-refractivity contribution in [3.05, 3.63) is 88.8 Å². The molecule has 3 aromatic rings. The van der Waals surface area contributed by atoms with Crippen LogP contribution in [0.5, 0.6) is 5.75 Å². The number of Topliss-reactive ketones (excluding diaryl/α,β-unsaturated/α-hetero) is 1. The molecule has 0 aliphatic carbocycles. The largest absolute Gasteiger partial charge is 0.508 e. The van der Waals surface area contributed by atoms with Gasteiger partial charge in [0.1, 0.15) is 5.75 Å². The Kier molecular flexibility index (Phi) is 3.87. The Morgan fingerprint density at radius 2 is 1.79 bits per heavy atom. The summed E-state index contributed by atoms with van der Waals surface area (Å²) in [4.78, 5) is 13.4. The third-order valence-corrected chi connectivity index (χ3v) is 5.62. The second-order valence-corrected chi connectivity index (χ2v) is 7.14. The zero-order valence-electron chi connectivity index (χ0n) is 13.0. The number of hydrogen-bond acceptors (Lipinski definition) is 3. The standard InChI is InChI=1S/C21H16O2S/c22-18-7-3-6-17(13-18)21(23)20-11-10-19(24-20)16-9-8-14-4-1-2-5-15(14)12-16/h1-9,11-13,19,22H,10H2. The molecule has 1 heterocycles. The molecule has 0 radical (unpaired) electrons. The van der Waals surface area contributed by atoms with Crippen molar-refractivity contribution in [2.75, 3.05) is 0 Å². The number of phenolic OH excluding ortho intramolecular Hbond substituents is 1. The summed E-state index contributed by atoms with van der Waals surface area (Å²) in [6, 6.07) is 21.3. The minimum absolute atomic E-state index is 0.0146. The average molecular weight is 332 g/mol. The fraction of sp³-hybridized carbons (Fsp3) is 0.0952. The molecule has 1 aliphatic heterocycles. The lowest BCUT2D eigenvalue weighted by Crippen LogP contribution is -1.99. The number of carbonyl (C=O) groups is 1. The third kappa shape index (κ3) is 2.83. The molecule has 2 nitrogen and oxygen atoms in total. The Hall–Kier alpha value is -2.52. The second kappa shape index (κ2) is 6.17. The van der Waals surface area contributed by atoms with Crippen LogP contribution in [0.4, 0.5) is 0 Å². The molecule has 0 saturated heterocycles. The Morgan fingerprint density at radius 1 is 0.958 bits per heavy atom. The molecule has 1 atom stereocenters.